The van der Waals surface area contributed by atoms with Gasteiger partial charge in [0.25, 0.3) is 0 Å². The molecule has 4 heteroatoms. The highest BCUT2D eigenvalue weighted by Crippen LogP contribution is 2.29. The average molecular weight is 243 g/mol. The Kier molecular flexibility index (Phi) is 2.88. The number of rotatable bonds is 1. The van der Waals surface area contributed by atoms with Crippen LogP contribution in [0.2, 0.25) is 5.02 Å². The highest BCUT2D eigenvalue weighted by atomic mass is 35.5. The molecule has 0 radical (unpaired) electrons. The molecule has 16 heavy (non-hydrogen) atoms. The minimum atomic E-state index is -0.818. The van der Waals surface area contributed by atoms with E-state index in [0.29, 0.717) is 6.07 Å². The first-order valence-electron chi connectivity index (χ1n) is 4.49. The molecule has 0 heterocycles. The second-order valence-electron chi connectivity index (χ2n) is 3.23. The molecule has 0 nitrogen and oxygen atoms in total. The van der Waals surface area contributed by atoms with Gasteiger partial charge in [-0.1, -0.05) is 23.7 Å². The Bertz CT molecular complexity index is 538. The van der Waals surface area contributed by atoms with Gasteiger partial charge in [0.15, 0.2) is 0 Å². The molecule has 2 aromatic rings. The number of hydrogen-bond donors (Lipinski definition) is 0. The summed E-state index contributed by atoms with van der Waals surface area (Å²) in [6, 6.07) is 7.21. The summed E-state index contributed by atoms with van der Waals surface area (Å²) in [7, 11) is 0. The van der Waals surface area contributed by atoms with Crippen LogP contribution >= 0.6 is 11.6 Å². The van der Waals surface area contributed by atoms with Crippen molar-refractivity contribution in [1.82, 2.24) is 0 Å². The van der Waals surface area contributed by atoms with Crippen molar-refractivity contribution in [3.05, 3.63) is 58.9 Å². The molecular weight excluding hydrogens is 237 g/mol. The topological polar surface area (TPSA) is 0 Å². The number of halogens is 4. The molecule has 0 saturated carbocycles. The summed E-state index contributed by atoms with van der Waals surface area (Å²) in [6.07, 6.45) is 0. The zero-order valence-electron chi connectivity index (χ0n) is 7.98. The lowest BCUT2D eigenvalue weighted by molar-refractivity contribution is 0.583. The minimum absolute atomic E-state index is 0.0126. The predicted octanol–water partition coefficient (Wildman–Crippen LogP) is 4.42. The molecule has 0 fully saturated rings. The van der Waals surface area contributed by atoms with E-state index < -0.39 is 17.5 Å². The molecule has 2 rings (SSSR count). The Labute approximate surface area is 95.3 Å². The maximum Gasteiger partial charge on any atom is 0.149 e. The van der Waals surface area contributed by atoms with Crippen LogP contribution in [0.25, 0.3) is 11.1 Å². The molecule has 0 N–H and O–H groups in total. The van der Waals surface area contributed by atoms with Gasteiger partial charge in [-0.25, -0.2) is 13.2 Å². The fourth-order valence-corrected chi connectivity index (χ4v) is 1.59. The maximum absolute atomic E-state index is 13.6. The van der Waals surface area contributed by atoms with E-state index in [-0.39, 0.29) is 16.1 Å². The van der Waals surface area contributed by atoms with E-state index in [4.69, 9.17) is 11.6 Å². The van der Waals surface area contributed by atoms with E-state index in [9.17, 15) is 13.2 Å². The van der Waals surface area contributed by atoms with Crippen LogP contribution in [-0.4, -0.2) is 0 Å². The zero-order chi connectivity index (χ0) is 11.7. The lowest BCUT2D eigenvalue weighted by atomic mass is 10.0. The average Bonchev–Trinajstić information content (AvgIpc) is 2.23. The van der Waals surface area contributed by atoms with Crippen LogP contribution in [0.1, 0.15) is 0 Å². The Hall–Kier alpha value is -1.48. The first-order valence-corrected chi connectivity index (χ1v) is 4.87. The highest BCUT2D eigenvalue weighted by Gasteiger charge is 2.12. The van der Waals surface area contributed by atoms with E-state index in [2.05, 4.69) is 0 Å². The molecule has 0 aliphatic rings. The minimum Gasteiger partial charge on any atom is -0.207 e. The largest absolute Gasteiger partial charge is 0.207 e. The lowest BCUT2D eigenvalue weighted by Gasteiger charge is -2.05. The molecule has 0 aliphatic carbocycles. The molecule has 82 valence electrons. The van der Waals surface area contributed by atoms with E-state index in [0.717, 1.165) is 6.07 Å². The molecule has 0 bridgehead atoms. The maximum atomic E-state index is 13.6. The van der Waals surface area contributed by atoms with Crippen molar-refractivity contribution in [2.45, 2.75) is 0 Å². The van der Waals surface area contributed by atoms with Gasteiger partial charge in [-0.2, -0.15) is 0 Å². The van der Waals surface area contributed by atoms with Gasteiger partial charge in [-0.15, -0.1) is 0 Å². The molecule has 0 aromatic heterocycles. The highest BCUT2D eigenvalue weighted by molar-refractivity contribution is 6.31. The van der Waals surface area contributed by atoms with Crippen LogP contribution in [-0.2, 0) is 0 Å². The molecule has 2 aromatic carbocycles. The summed E-state index contributed by atoms with van der Waals surface area (Å²) in [6.45, 7) is 0. The fraction of sp³-hybridized carbons (Fsp3) is 0. The Balaban J connectivity index is 2.63. The molecule has 0 saturated heterocycles. The molecule has 0 aliphatic heterocycles. The summed E-state index contributed by atoms with van der Waals surface area (Å²) >= 11 is 5.58. The third-order valence-electron chi connectivity index (χ3n) is 2.17. The van der Waals surface area contributed by atoms with E-state index in [1.807, 2.05) is 0 Å². The summed E-state index contributed by atoms with van der Waals surface area (Å²) in [5, 5.41) is -0.0961. The molecule has 0 unspecified atom stereocenters. The number of hydrogen-bond acceptors (Lipinski definition) is 0. The van der Waals surface area contributed by atoms with Crippen molar-refractivity contribution in [2.75, 3.05) is 0 Å². The SMILES string of the molecule is Fc1ccc(-c2cccc(Cl)c2F)c(F)c1. The monoisotopic (exact) mass is 242 g/mol. The smallest absolute Gasteiger partial charge is 0.149 e. The Morgan fingerprint density at radius 3 is 2.31 bits per heavy atom. The van der Waals surface area contributed by atoms with Gasteiger partial charge in [0.2, 0.25) is 0 Å². The van der Waals surface area contributed by atoms with Crippen LogP contribution in [0, 0.1) is 17.5 Å². The van der Waals surface area contributed by atoms with E-state index in [1.165, 1.54) is 24.3 Å². The van der Waals surface area contributed by atoms with Gasteiger partial charge in [-0.05, 0) is 18.2 Å². The second kappa shape index (κ2) is 4.18. The van der Waals surface area contributed by atoms with Gasteiger partial charge in [-0.3, -0.25) is 0 Å². The molecule has 0 amide bonds. The lowest BCUT2D eigenvalue weighted by Crippen LogP contribution is -1.90. The van der Waals surface area contributed by atoms with Gasteiger partial charge in [0.05, 0.1) is 5.02 Å². The summed E-state index contributed by atoms with van der Waals surface area (Å²) in [4.78, 5) is 0. The Morgan fingerprint density at radius 1 is 0.875 bits per heavy atom. The van der Waals surface area contributed by atoms with E-state index in [1.54, 1.807) is 0 Å². The molecular formula is C12H6ClF3. The number of benzene rings is 2. The van der Waals surface area contributed by atoms with Crippen LogP contribution in [0.4, 0.5) is 13.2 Å². The standard InChI is InChI=1S/C12H6ClF3/c13-10-3-1-2-9(12(10)16)8-5-4-7(14)6-11(8)15/h1-6H. The molecule has 0 atom stereocenters. The van der Waals surface area contributed by atoms with Crippen LogP contribution in [0.5, 0.6) is 0 Å². The van der Waals surface area contributed by atoms with Gasteiger partial charge in [0.1, 0.15) is 17.5 Å². The van der Waals surface area contributed by atoms with Gasteiger partial charge < -0.3 is 0 Å². The first-order chi connectivity index (χ1) is 7.59. The summed E-state index contributed by atoms with van der Waals surface area (Å²) < 4.78 is 39.7. The van der Waals surface area contributed by atoms with Crippen LogP contribution < -0.4 is 0 Å². The normalized spacial score (nSPS) is 10.5. The van der Waals surface area contributed by atoms with Gasteiger partial charge in [0, 0.05) is 17.2 Å². The van der Waals surface area contributed by atoms with Gasteiger partial charge >= 0.3 is 0 Å². The Morgan fingerprint density at radius 2 is 1.62 bits per heavy atom. The first kappa shape index (κ1) is 11.0. The van der Waals surface area contributed by atoms with Crippen molar-refractivity contribution in [2.24, 2.45) is 0 Å². The van der Waals surface area contributed by atoms with Crippen molar-refractivity contribution < 1.29 is 13.2 Å². The van der Waals surface area contributed by atoms with E-state index >= 15 is 0 Å². The van der Waals surface area contributed by atoms with Crippen molar-refractivity contribution >= 4 is 11.6 Å². The predicted molar refractivity (Wildman–Crippen MR) is 56.8 cm³/mol. The zero-order valence-corrected chi connectivity index (χ0v) is 8.73. The third kappa shape index (κ3) is 1.91. The van der Waals surface area contributed by atoms with Crippen LogP contribution in [0.3, 0.4) is 0 Å². The van der Waals surface area contributed by atoms with Crippen molar-refractivity contribution in [1.29, 1.82) is 0 Å². The summed E-state index contributed by atoms with van der Waals surface area (Å²) in [5.74, 6) is -2.24. The third-order valence-corrected chi connectivity index (χ3v) is 2.46. The molecule has 0 spiro atoms. The second-order valence-corrected chi connectivity index (χ2v) is 3.63. The summed E-state index contributed by atoms with van der Waals surface area (Å²) in [5.41, 5.74) is 0.00593. The van der Waals surface area contributed by atoms with Crippen LogP contribution in [0.15, 0.2) is 36.4 Å². The van der Waals surface area contributed by atoms with Crippen molar-refractivity contribution in [3.8, 4) is 11.1 Å². The van der Waals surface area contributed by atoms with Crippen molar-refractivity contribution in [3.63, 3.8) is 0 Å². The fourth-order valence-electron chi connectivity index (χ4n) is 1.42. The quantitative estimate of drug-likeness (QED) is 0.694.